The highest BCUT2D eigenvalue weighted by Gasteiger charge is 2.27. The lowest BCUT2D eigenvalue weighted by atomic mass is 10.1. The van der Waals surface area contributed by atoms with Crippen LogP contribution in [-0.2, 0) is 0 Å². The molecule has 0 saturated heterocycles. The second-order valence-corrected chi connectivity index (χ2v) is 5.05. The van der Waals surface area contributed by atoms with Crippen LogP contribution in [0.4, 0.5) is 0 Å². The Balaban J connectivity index is 2.09. The number of halogens is 2. The number of hydrogen-bond donors (Lipinski definition) is 2. The summed E-state index contributed by atoms with van der Waals surface area (Å²) in [4.78, 5) is 11.9. The van der Waals surface area contributed by atoms with Crippen molar-refractivity contribution in [2.75, 3.05) is 0 Å². The van der Waals surface area contributed by atoms with Crippen LogP contribution in [0.5, 0.6) is 0 Å². The number of benzene rings is 1. The van der Waals surface area contributed by atoms with Crippen molar-refractivity contribution in [2.45, 2.75) is 31.4 Å². The van der Waals surface area contributed by atoms with Gasteiger partial charge in [0.15, 0.2) is 0 Å². The predicted octanol–water partition coefficient (Wildman–Crippen LogP) is 2.64. The Labute approximate surface area is 110 Å². The van der Waals surface area contributed by atoms with E-state index in [2.05, 4.69) is 5.32 Å². The van der Waals surface area contributed by atoms with E-state index in [0.29, 0.717) is 15.6 Å². The van der Waals surface area contributed by atoms with Crippen LogP contribution in [0.3, 0.4) is 0 Å². The van der Waals surface area contributed by atoms with Crippen molar-refractivity contribution in [1.29, 1.82) is 0 Å². The molecule has 1 saturated carbocycles. The number of amides is 1. The molecular weight excluding hydrogens is 261 g/mol. The quantitative estimate of drug-likeness (QED) is 0.871. The van der Waals surface area contributed by atoms with Crippen LogP contribution in [0.1, 0.15) is 29.6 Å². The second kappa shape index (κ2) is 5.25. The summed E-state index contributed by atoms with van der Waals surface area (Å²) >= 11 is 11.7. The number of carbonyl (C=O) groups is 1. The third kappa shape index (κ3) is 2.92. The van der Waals surface area contributed by atoms with Crippen molar-refractivity contribution in [3.05, 3.63) is 33.8 Å². The highest BCUT2D eigenvalue weighted by molar-refractivity contribution is 6.36. The second-order valence-electron chi connectivity index (χ2n) is 4.20. The minimum atomic E-state index is -0.454. The lowest BCUT2D eigenvalue weighted by molar-refractivity contribution is 0.0873. The highest BCUT2D eigenvalue weighted by Crippen LogP contribution is 2.23. The van der Waals surface area contributed by atoms with Crippen LogP contribution in [0.25, 0.3) is 0 Å². The van der Waals surface area contributed by atoms with E-state index in [-0.39, 0.29) is 11.9 Å². The minimum Gasteiger partial charge on any atom is -0.391 e. The average Bonchev–Trinajstić information content (AvgIpc) is 2.64. The zero-order chi connectivity index (χ0) is 12.4. The number of aliphatic hydroxyl groups excluding tert-OH is 1. The van der Waals surface area contributed by atoms with Gasteiger partial charge in [-0.3, -0.25) is 4.79 Å². The van der Waals surface area contributed by atoms with Crippen LogP contribution in [0.15, 0.2) is 18.2 Å². The third-order valence-corrected chi connectivity index (χ3v) is 3.52. The molecule has 1 amide bonds. The third-order valence-electron chi connectivity index (χ3n) is 2.97. The molecular formula is C12H13Cl2NO2. The molecule has 3 nitrogen and oxygen atoms in total. The fourth-order valence-corrected chi connectivity index (χ4v) is 2.52. The maximum Gasteiger partial charge on any atom is 0.253 e. The Morgan fingerprint density at radius 2 is 2.12 bits per heavy atom. The summed E-state index contributed by atoms with van der Waals surface area (Å²) in [5, 5.41) is 13.2. The SMILES string of the molecule is O=C(NC1CCCC1O)c1ccc(Cl)cc1Cl. The van der Waals surface area contributed by atoms with Gasteiger partial charge in [0.1, 0.15) is 0 Å². The Morgan fingerprint density at radius 3 is 2.71 bits per heavy atom. The van der Waals surface area contributed by atoms with Gasteiger partial charge in [-0.1, -0.05) is 23.2 Å². The van der Waals surface area contributed by atoms with Gasteiger partial charge in [-0.15, -0.1) is 0 Å². The van der Waals surface area contributed by atoms with Crippen LogP contribution in [0, 0.1) is 0 Å². The molecule has 2 N–H and O–H groups in total. The monoisotopic (exact) mass is 273 g/mol. The number of rotatable bonds is 2. The van der Waals surface area contributed by atoms with Gasteiger partial charge in [-0.25, -0.2) is 0 Å². The molecule has 1 fully saturated rings. The predicted molar refractivity (Wildman–Crippen MR) is 67.6 cm³/mol. The van der Waals surface area contributed by atoms with Crippen molar-refractivity contribution >= 4 is 29.1 Å². The van der Waals surface area contributed by atoms with Crippen molar-refractivity contribution < 1.29 is 9.90 Å². The van der Waals surface area contributed by atoms with Gasteiger partial charge in [-0.2, -0.15) is 0 Å². The van der Waals surface area contributed by atoms with E-state index in [1.165, 1.54) is 6.07 Å². The molecule has 0 heterocycles. The Morgan fingerprint density at radius 1 is 1.35 bits per heavy atom. The highest BCUT2D eigenvalue weighted by atomic mass is 35.5. The zero-order valence-electron chi connectivity index (χ0n) is 9.12. The first kappa shape index (κ1) is 12.7. The summed E-state index contributed by atoms with van der Waals surface area (Å²) < 4.78 is 0. The molecule has 0 radical (unpaired) electrons. The van der Waals surface area contributed by atoms with Crippen molar-refractivity contribution in [3.8, 4) is 0 Å². The minimum absolute atomic E-state index is 0.172. The van der Waals surface area contributed by atoms with E-state index in [1.54, 1.807) is 12.1 Å². The molecule has 5 heteroatoms. The van der Waals surface area contributed by atoms with E-state index in [0.717, 1.165) is 19.3 Å². The first-order chi connectivity index (χ1) is 8.08. The molecule has 1 aromatic carbocycles. The Bertz CT molecular complexity index is 437. The maximum absolute atomic E-state index is 11.9. The number of carbonyl (C=O) groups excluding carboxylic acids is 1. The van der Waals surface area contributed by atoms with Crippen molar-refractivity contribution in [1.82, 2.24) is 5.32 Å². The van der Waals surface area contributed by atoms with E-state index in [4.69, 9.17) is 23.2 Å². The molecule has 0 spiro atoms. The summed E-state index contributed by atoms with van der Waals surface area (Å²) in [5.41, 5.74) is 0.384. The first-order valence-electron chi connectivity index (χ1n) is 5.52. The summed E-state index contributed by atoms with van der Waals surface area (Å²) in [6.45, 7) is 0. The summed E-state index contributed by atoms with van der Waals surface area (Å²) in [6, 6.07) is 4.56. The fourth-order valence-electron chi connectivity index (χ4n) is 2.03. The topological polar surface area (TPSA) is 49.3 Å². The number of hydrogen-bond acceptors (Lipinski definition) is 2. The van der Waals surface area contributed by atoms with E-state index in [1.807, 2.05) is 0 Å². The van der Waals surface area contributed by atoms with Crippen LogP contribution in [0.2, 0.25) is 10.0 Å². The largest absolute Gasteiger partial charge is 0.391 e. The maximum atomic E-state index is 11.9. The molecule has 0 aromatic heterocycles. The van der Waals surface area contributed by atoms with Crippen LogP contribution >= 0.6 is 23.2 Å². The van der Waals surface area contributed by atoms with Crippen molar-refractivity contribution in [2.24, 2.45) is 0 Å². The smallest absolute Gasteiger partial charge is 0.253 e. The summed E-state index contributed by atoms with van der Waals surface area (Å²) in [7, 11) is 0. The molecule has 17 heavy (non-hydrogen) atoms. The van der Waals surface area contributed by atoms with E-state index in [9.17, 15) is 9.90 Å². The van der Waals surface area contributed by atoms with Gasteiger partial charge >= 0.3 is 0 Å². The first-order valence-corrected chi connectivity index (χ1v) is 6.27. The van der Waals surface area contributed by atoms with E-state index >= 15 is 0 Å². The number of nitrogens with one attached hydrogen (secondary N) is 1. The Hall–Kier alpha value is -0.770. The lowest BCUT2D eigenvalue weighted by Gasteiger charge is -2.16. The van der Waals surface area contributed by atoms with Crippen LogP contribution < -0.4 is 5.32 Å². The molecule has 1 aliphatic carbocycles. The molecule has 2 atom stereocenters. The normalized spacial score (nSPS) is 23.7. The molecule has 1 aliphatic rings. The van der Waals surface area contributed by atoms with Gasteiger partial charge in [0.25, 0.3) is 5.91 Å². The molecule has 92 valence electrons. The summed E-state index contributed by atoms with van der Waals surface area (Å²) in [6.07, 6.45) is 2.02. The fraction of sp³-hybridized carbons (Fsp3) is 0.417. The van der Waals surface area contributed by atoms with E-state index < -0.39 is 6.10 Å². The molecule has 2 rings (SSSR count). The molecule has 0 bridgehead atoms. The van der Waals surface area contributed by atoms with Crippen molar-refractivity contribution in [3.63, 3.8) is 0 Å². The molecule has 1 aromatic rings. The van der Waals surface area contributed by atoms with Crippen LogP contribution in [-0.4, -0.2) is 23.2 Å². The standard InChI is InChI=1S/C12H13Cl2NO2/c13-7-4-5-8(9(14)6-7)12(17)15-10-2-1-3-11(10)16/h4-6,10-11,16H,1-3H2,(H,15,17). The lowest BCUT2D eigenvalue weighted by Crippen LogP contribution is -2.39. The Kier molecular flexibility index (Phi) is 3.92. The van der Waals surface area contributed by atoms with Gasteiger partial charge in [0, 0.05) is 5.02 Å². The molecule has 0 aliphatic heterocycles. The number of aliphatic hydroxyl groups is 1. The van der Waals surface area contributed by atoms with Gasteiger partial charge in [0.2, 0.25) is 0 Å². The van der Waals surface area contributed by atoms with Gasteiger partial charge < -0.3 is 10.4 Å². The van der Waals surface area contributed by atoms with Gasteiger partial charge in [0.05, 0.1) is 22.7 Å². The summed E-state index contributed by atoms with van der Waals surface area (Å²) in [5.74, 6) is -0.266. The molecule has 2 unspecified atom stereocenters. The van der Waals surface area contributed by atoms with Gasteiger partial charge in [-0.05, 0) is 37.5 Å². The average molecular weight is 274 g/mol. The zero-order valence-corrected chi connectivity index (χ0v) is 10.6.